The van der Waals surface area contributed by atoms with Crippen LogP contribution >= 0.6 is 21.6 Å². The van der Waals surface area contributed by atoms with Crippen molar-refractivity contribution in [3.63, 3.8) is 0 Å². The van der Waals surface area contributed by atoms with Crippen LogP contribution in [0.4, 0.5) is 0 Å². The molecule has 2 rings (SSSR count). The lowest BCUT2D eigenvalue weighted by molar-refractivity contribution is 1.15. The second kappa shape index (κ2) is 9.50. The summed E-state index contributed by atoms with van der Waals surface area (Å²) < 4.78 is 0. The molecule has 0 bridgehead atoms. The predicted octanol–water partition coefficient (Wildman–Crippen LogP) is 3.26. The Morgan fingerprint density at radius 1 is 0.850 bits per heavy atom. The van der Waals surface area contributed by atoms with Crippen LogP contribution in [0.15, 0.2) is 46.6 Å². The Bertz CT molecular complexity index is 455. The summed E-state index contributed by atoms with van der Waals surface area (Å²) in [4.78, 5) is 14.9. The number of nitrogens with one attached hydrogen (secondary N) is 2. The van der Waals surface area contributed by atoms with Crippen LogP contribution in [0.3, 0.4) is 0 Å². The molecule has 2 aromatic rings. The zero-order valence-electron chi connectivity index (χ0n) is 11.2. The third kappa shape index (κ3) is 6.16. The topological polar surface area (TPSA) is 56.3 Å². The van der Waals surface area contributed by atoms with E-state index in [4.69, 9.17) is 0 Å². The van der Waals surface area contributed by atoms with Gasteiger partial charge in [-0.05, 0) is 24.3 Å². The van der Waals surface area contributed by atoms with E-state index >= 15 is 0 Å². The van der Waals surface area contributed by atoms with Crippen LogP contribution in [-0.2, 0) is 0 Å². The van der Waals surface area contributed by atoms with Gasteiger partial charge in [-0.2, -0.15) is 0 Å². The summed E-state index contributed by atoms with van der Waals surface area (Å²) in [5, 5.41) is 0. The lowest BCUT2D eigenvalue weighted by Gasteiger charge is -1.96. The average Bonchev–Trinajstić information content (AvgIpc) is 3.14. The van der Waals surface area contributed by atoms with Crippen LogP contribution in [0.25, 0.3) is 0 Å². The highest BCUT2D eigenvalue weighted by Crippen LogP contribution is 2.20. The second-order valence-corrected chi connectivity index (χ2v) is 6.67. The van der Waals surface area contributed by atoms with Crippen molar-refractivity contribution in [1.29, 1.82) is 0 Å². The summed E-state index contributed by atoms with van der Waals surface area (Å²) in [6.45, 7) is 1.70. The minimum Gasteiger partial charge on any atom is -0.360 e. The zero-order valence-corrected chi connectivity index (χ0v) is 12.8. The normalized spacial score (nSPS) is 11.8. The molecule has 0 radical (unpaired) electrons. The van der Waals surface area contributed by atoms with E-state index in [1.54, 1.807) is 0 Å². The van der Waals surface area contributed by atoms with Gasteiger partial charge in [0.25, 0.3) is 0 Å². The summed E-state index contributed by atoms with van der Waals surface area (Å²) in [5.41, 5.74) is 2.11. The smallest absolute Gasteiger partial charge is 0.0561 e. The fourth-order valence-corrected chi connectivity index (χ4v) is 3.22. The first-order valence-corrected chi connectivity index (χ1v) is 8.95. The minimum absolute atomic E-state index is 0.850. The summed E-state index contributed by atoms with van der Waals surface area (Å²) in [6, 6.07) is 7.96. The van der Waals surface area contributed by atoms with Gasteiger partial charge in [0.2, 0.25) is 0 Å². The summed E-state index contributed by atoms with van der Waals surface area (Å²) in [6.07, 6.45) is 7.57. The van der Waals surface area contributed by atoms with Crippen LogP contribution in [0.5, 0.6) is 0 Å². The van der Waals surface area contributed by atoms with Crippen molar-refractivity contribution in [3.8, 4) is 0 Å². The van der Waals surface area contributed by atoms with Crippen LogP contribution in [0.1, 0.15) is 11.4 Å². The molecule has 0 saturated heterocycles. The maximum Gasteiger partial charge on any atom is 0.0561 e. The maximum atomic E-state index is 4.36. The van der Waals surface area contributed by atoms with Crippen molar-refractivity contribution in [1.82, 2.24) is 9.97 Å². The molecule has 2 N–H and O–H groups in total. The zero-order chi connectivity index (χ0) is 13.9. The number of hydrogen-bond acceptors (Lipinski definition) is 4. The van der Waals surface area contributed by atoms with Gasteiger partial charge < -0.3 is 9.97 Å². The molecule has 2 aromatic heterocycles. The van der Waals surface area contributed by atoms with Crippen molar-refractivity contribution in [3.05, 3.63) is 48.0 Å². The molecule has 0 aromatic carbocycles. The molecule has 20 heavy (non-hydrogen) atoms. The van der Waals surface area contributed by atoms with E-state index in [9.17, 15) is 0 Å². The van der Waals surface area contributed by atoms with E-state index in [-0.39, 0.29) is 0 Å². The molecule has 106 valence electrons. The maximum absolute atomic E-state index is 4.36. The summed E-state index contributed by atoms with van der Waals surface area (Å²) >= 11 is 0. The number of aliphatic imine (C=N–C) groups is 2. The molecule has 0 saturated carbocycles. The minimum atomic E-state index is 0.850. The number of nitrogens with zero attached hydrogens (tertiary/aromatic N) is 2. The van der Waals surface area contributed by atoms with Crippen LogP contribution in [0.2, 0.25) is 0 Å². The number of hydrogen-bond donors (Lipinski definition) is 2. The van der Waals surface area contributed by atoms with Gasteiger partial charge >= 0.3 is 0 Å². The van der Waals surface area contributed by atoms with Crippen molar-refractivity contribution in [2.45, 2.75) is 0 Å². The monoisotopic (exact) mass is 306 g/mol. The van der Waals surface area contributed by atoms with Crippen molar-refractivity contribution < 1.29 is 0 Å². The quantitative estimate of drug-likeness (QED) is 0.424. The fraction of sp³-hybridized carbons (Fsp3) is 0.286. The Morgan fingerprint density at radius 2 is 1.35 bits per heavy atom. The van der Waals surface area contributed by atoms with Gasteiger partial charge in [-0.15, -0.1) is 0 Å². The number of aromatic nitrogens is 2. The van der Waals surface area contributed by atoms with E-state index in [0.29, 0.717) is 0 Å². The van der Waals surface area contributed by atoms with Gasteiger partial charge in [-0.3, -0.25) is 9.98 Å². The first kappa shape index (κ1) is 15.0. The van der Waals surface area contributed by atoms with E-state index in [1.807, 2.05) is 70.7 Å². The highest BCUT2D eigenvalue weighted by Gasteiger charge is 1.90. The fourth-order valence-electron chi connectivity index (χ4n) is 1.47. The van der Waals surface area contributed by atoms with E-state index in [2.05, 4.69) is 20.0 Å². The average molecular weight is 306 g/mol. The number of rotatable bonds is 9. The molecule has 0 atom stereocenters. The van der Waals surface area contributed by atoms with E-state index < -0.39 is 0 Å². The predicted molar refractivity (Wildman–Crippen MR) is 91.4 cm³/mol. The third-order valence-corrected chi connectivity index (χ3v) is 4.76. The number of H-pyrrole nitrogens is 2. The highest BCUT2D eigenvalue weighted by atomic mass is 33.1. The van der Waals surface area contributed by atoms with Crippen LogP contribution in [0, 0.1) is 0 Å². The van der Waals surface area contributed by atoms with Gasteiger partial charge in [-0.25, -0.2) is 0 Å². The molecule has 0 aliphatic carbocycles. The van der Waals surface area contributed by atoms with Crippen molar-refractivity contribution in [2.75, 3.05) is 24.6 Å². The Balaban J connectivity index is 1.44. The third-order valence-electron chi connectivity index (χ3n) is 2.40. The molecule has 2 heterocycles. The number of aromatic amines is 2. The van der Waals surface area contributed by atoms with Gasteiger partial charge in [-0.1, -0.05) is 21.6 Å². The van der Waals surface area contributed by atoms with Crippen molar-refractivity contribution >= 4 is 34.0 Å². The standard InChI is InChI=1S/C14H18N4S2/c1-3-13(17-5-1)11-15-7-9-19-20-10-8-16-12-14-4-2-6-18-14/h1-6,11-12,17-18H,7-10H2. The van der Waals surface area contributed by atoms with Gasteiger partial charge in [0.05, 0.1) is 11.4 Å². The van der Waals surface area contributed by atoms with E-state index in [1.165, 1.54) is 0 Å². The molecule has 0 unspecified atom stereocenters. The Hall–Kier alpha value is -1.40. The SMILES string of the molecule is C(=NCCSSCCN=Cc1ccc[nH]1)c1ccc[nH]1. The second-order valence-electron chi connectivity index (χ2n) is 3.97. The first-order valence-electron chi connectivity index (χ1n) is 6.46. The Morgan fingerprint density at radius 3 is 1.75 bits per heavy atom. The molecule has 0 aliphatic heterocycles. The molecular weight excluding hydrogens is 288 g/mol. The lowest BCUT2D eigenvalue weighted by atomic mass is 10.5. The van der Waals surface area contributed by atoms with Gasteiger partial charge in [0.1, 0.15) is 0 Å². The molecule has 0 amide bonds. The molecule has 0 spiro atoms. The molecule has 4 nitrogen and oxygen atoms in total. The van der Waals surface area contributed by atoms with Crippen LogP contribution in [-0.4, -0.2) is 47.0 Å². The lowest BCUT2D eigenvalue weighted by Crippen LogP contribution is -1.89. The summed E-state index contributed by atoms with van der Waals surface area (Å²) in [7, 11) is 3.70. The molecule has 6 heteroatoms. The summed E-state index contributed by atoms with van der Waals surface area (Å²) in [5.74, 6) is 2.06. The van der Waals surface area contributed by atoms with Crippen LogP contribution < -0.4 is 0 Å². The Labute approximate surface area is 127 Å². The molecule has 0 aliphatic rings. The van der Waals surface area contributed by atoms with Gasteiger partial charge in [0.15, 0.2) is 0 Å². The molecular formula is C14H18N4S2. The van der Waals surface area contributed by atoms with E-state index in [0.717, 1.165) is 36.0 Å². The first-order chi connectivity index (χ1) is 9.95. The molecule has 0 fully saturated rings. The Kier molecular flexibility index (Phi) is 7.12. The largest absolute Gasteiger partial charge is 0.360 e. The van der Waals surface area contributed by atoms with Gasteiger partial charge in [0, 0.05) is 49.4 Å². The van der Waals surface area contributed by atoms with Crippen molar-refractivity contribution in [2.24, 2.45) is 9.98 Å². The highest BCUT2D eigenvalue weighted by molar-refractivity contribution is 8.76.